The smallest absolute Gasteiger partial charge is 0.243 e. The van der Waals surface area contributed by atoms with Crippen molar-refractivity contribution in [3.63, 3.8) is 0 Å². The normalized spacial score (nSPS) is 11.8. The van der Waals surface area contributed by atoms with Gasteiger partial charge in [-0.05, 0) is 12.1 Å². The van der Waals surface area contributed by atoms with Gasteiger partial charge in [0.25, 0.3) is 0 Å². The highest BCUT2D eigenvalue weighted by Crippen LogP contribution is 2.03. The van der Waals surface area contributed by atoms with Crippen LogP contribution in [0.15, 0.2) is 24.4 Å². The summed E-state index contributed by atoms with van der Waals surface area (Å²) in [6, 6.07) is 5.54. The molecule has 0 radical (unpaired) electrons. The Bertz CT molecular complexity index is 589. The van der Waals surface area contributed by atoms with Crippen LogP contribution in [0, 0.1) is 0 Å². The SMILES string of the molecule is CCNS(=O)(=O)CCNc1nc2ccccn2n1. The first kappa shape index (κ1) is 12.8. The highest BCUT2D eigenvalue weighted by atomic mass is 32.2. The van der Waals surface area contributed by atoms with Crippen molar-refractivity contribution in [3.8, 4) is 0 Å². The van der Waals surface area contributed by atoms with E-state index in [0.717, 1.165) is 5.65 Å². The molecule has 0 amide bonds. The first-order valence-corrected chi connectivity index (χ1v) is 7.28. The van der Waals surface area contributed by atoms with Gasteiger partial charge in [0.2, 0.25) is 16.0 Å². The van der Waals surface area contributed by atoms with E-state index in [1.807, 2.05) is 18.2 Å². The molecule has 8 heteroatoms. The van der Waals surface area contributed by atoms with Crippen LogP contribution < -0.4 is 10.0 Å². The van der Waals surface area contributed by atoms with Gasteiger partial charge in [-0.25, -0.2) is 17.7 Å². The highest BCUT2D eigenvalue weighted by Gasteiger charge is 2.08. The summed E-state index contributed by atoms with van der Waals surface area (Å²) in [5, 5.41) is 7.04. The van der Waals surface area contributed by atoms with Gasteiger partial charge in [0.05, 0.1) is 5.75 Å². The van der Waals surface area contributed by atoms with Crippen molar-refractivity contribution in [3.05, 3.63) is 24.4 Å². The zero-order valence-corrected chi connectivity index (χ0v) is 10.8. The first-order valence-electron chi connectivity index (χ1n) is 5.63. The van der Waals surface area contributed by atoms with Crippen LogP contribution in [0.25, 0.3) is 5.65 Å². The van der Waals surface area contributed by atoms with Crippen molar-refractivity contribution in [2.24, 2.45) is 0 Å². The van der Waals surface area contributed by atoms with Gasteiger partial charge in [-0.3, -0.25) is 0 Å². The number of nitrogens with zero attached hydrogens (tertiary/aromatic N) is 3. The molecule has 2 N–H and O–H groups in total. The maximum absolute atomic E-state index is 11.4. The van der Waals surface area contributed by atoms with E-state index < -0.39 is 10.0 Å². The molecule has 7 nitrogen and oxygen atoms in total. The van der Waals surface area contributed by atoms with Crippen LogP contribution >= 0.6 is 0 Å². The van der Waals surface area contributed by atoms with E-state index in [1.165, 1.54) is 0 Å². The van der Waals surface area contributed by atoms with E-state index >= 15 is 0 Å². The Morgan fingerprint density at radius 1 is 1.39 bits per heavy atom. The van der Waals surface area contributed by atoms with Gasteiger partial charge in [-0.1, -0.05) is 13.0 Å². The van der Waals surface area contributed by atoms with E-state index in [0.29, 0.717) is 12.5 Å². The molecule has 18 heavy (non-hydrogen) atoms. The Balaban J connectivity index is 1.94. The number of hydrogen-bond donors (Lipinski definition) is 2. The molecule has 0 bridgehead atoms. The maximum atomic E-state index is 11.4. The van der Waals surface area contributed by atoms with Crippen molar-refractivity contribution in [1.29, 1.82) is 0 Å². The Morgan fingerprint density at radius 2 is 2.22 bits per heavy atom. The number of aromatic nitrogens is 3. The van der Waals surface area contributed by atoms with E-state index in [1.54, 1.807) is 17.6 Å². The summed E-state index contributed by atoms with van der Waals surface area (Å²) in [6.45, 7) is 2.41. The number of pyridine rings is 1. The third-order valence-electron chi connectivity index (χ3n) is 2.26. The number of rotatable bonds is 6. The fourth-order valence-corrected chi connectivity index (χ4v) is 2.45. The number of sulfonamides is 1. The number of hydrogen-bond acceptors (Lipinski definition) is 5. The lowest BCUT2D eigenvalue weighted by molar-refractivity contribution is 0.584. The number of nitrogens with one attached hydrogen (secondary N) is 2. The standard InChI is InChI=1S/C10H15N5O2S/c1-2-12-18(16,17)8-6-11-10-13-9-5-3-4-7-15(9)14-10/h3-5,7,12H,2,6,8H2,1H3,(H,11,14). The molecule has 0 aromatic carbocycles. The second kappa shape index (κ2) is 5.32. The topological polar surface area (TPSA) is 88.4 Å². The molecule has 0 unspecified atom stereocenters. The lowest BCUT2D eigenvalue weighted by Crippen LogP contribution is -2.29. The summed E-state index contributed by atoms with van der Waals surface area (Å²) in [5.41, 5.74) is 0.717. The van der Waals surface area contributed by atoms with Crippen molar-refractivity contribution in [1.82, 2.24) is 19.3 Å². The predicted molar refractivity (Wildman–Crippen MR) is 68.9 cm³/mol. The van der Waals surface area contributed by atoms with Crippen LogP contribution in [-0.2, 0) is 10.0 Å². The van der Waals surface area contributed by atoms with Crippen LogP contribution in [0.2, 0.25) is 0 Å². The van der Waals surface area contributed by atoms with Crippen LogP contribution in [-0.4, -0.2) is 41.9 Å². The summed E-state index contributed by atoms with van der Waals surface area (Å²) in [4.78, 5) is 4.20. The minimum Gasteiger partial charge on any atom is -0.352 e. The van der Waals surface area contributed by atoms with Crippen LogP contribution in [0.4, 0.5) is 5.95 Å². The molecule has 2 aromatic rings. The predicted octanol–water partition coefficient (Wildman–Crippen LogP) is 0.0805. The molecule has 0 saturated carbocycles. The van der Waals surface area contributed by atoms with Gasteiger partial charge in [0, 0.05) is 19.3 Å². The van der Waals surface area contributed by atoms with Gasteiger partial charge >= 0.3 is 0 Å². The second-order valence-electron chi connectivity index (χ2n) is 3.68. The van der Waals surface area contributed by atoms with Gasteiger partial charge in [-0.2, -0.15) is 4.98 Å². The summed E-state index contributed by atoms with van der Waals surface area (Å²) < 4.78 is 26.8. The quantitative estimate of drug-likeness (QED) is 0.775. The van der Waals surface area contributed by atoms with Crippen LogP contribution in [0.5, 0.6) is 0 Å². The molecule has 0 atom stereocenters. The zero-order chi connectivity index (χ0) is 13.0. The number of fused-ring (bicyclic) bond motifs is 1. The molecular formula is C10H15N5O2S. The first-order chi connectivity index (χ1) is 8.61. The van der Waals surface area contributed by atoms with Crippen molar-refractivity contribution in [2.75, 3.05) is 24.2 Å². The number of anilines is 1. The molecule has 98 valence electrons. The summed E-state index contributed by atoms with van der Waals surface area (Å²) in [7, 11) is -3.21. The summed E-state index contributed by atoms with van der Waals surface area (Å²) in [5.74, 6) is 0.420. The van der Waals surface area contributed by atoms with Crippen LogP contribution in [0.1, 0.15) is 6.92 Å². The Hall–Kier alpha value is -1.67. The highest BCUT2D eigenvalue weighted by molar-refractivity contribution is 7.89. The molecule has 0 aliphatic rings. The maximum Gasteiger partial charge on any atom is 0.243 e. The average Bonchev–Trinajstić information content (AvgIpc) is 2.71. The molecule has 0 saturated heterocycles. The Labute approximate surface area is 105 Å². The Kier molecular flexibility index (Phi) is 3.78. The van der Waals surface area contributed by atoms with Gasteiger partial charge < -0.3 is 5.32 Å². The third-order valence-corrected chi connectivity index (χ3v) is 3.73. The fraction of sp³-hybridized carbons (Fsp3) is 0.400. The third kappa shape index (κ3) is 3.17. The molecule has 2 aromatic heterocycles. The van der Waals surface area contributed by atoms with Crippen molar-refractivity contribution < 1.29 is 8.42 Å². The van der Waals surface area contributed by atoms with E-state index in [-0.39, 0.29) is 12.3 Å². The van der Waals surface area contributed by atoms with Gasteiger partial charge in [-0.15, -0.1) is 5.10 Å². The van der Waals surface area contributed by atoms with Crippen molar-refractivity contribution in [2.45, 2.75) is 6.92 Å². The van der Waals surface area contributed by atoms with Crippen molar-refractivity contribution >= 4 is 21.6 Å². The lowest BCUT2D eigenvalue weighted by Gasteiger charge is -2.04. The van der Waals surface area contributed by atoms with E-state index in [4.69, 9.17) is 0 Å². The Morgan fingerprint density at radius 3 is 2.94 bits per heavy atom. The molecule has 0 fully saturated rings. The second-order valence-corrected chi connectivity index (χ2v) is 5.61. The average molecular weight is 269 g/mol. The molecule has 0 aliphatic carbocycles. The largest absolute Gasteiger partial charge is 0.352 e. The molecule has 0 spiro atoms. The fourth-order valence-electron chi connectivity index (χ4n) is 1.50. The monoisotopic (exact) mass is 269 g/mol. The minimum absolute atomic E-state index is 0.00358. The summed E-state index contributed by atoms with van der Waals surface area (Å²) in [6.07, 6.45) is 1.78. The van der Waals surface area contributed by atoms with E-state index in [9.17, 15) is 8.42 Å². The molecular weight excluding hydrogens is 254 g/mol. The van der Waals surface area contributed by atoms with Gasteiger partial charge in [0.15, 0.2) is 5.65 Å². The molecule has 2 heterocycles. The zero-order valence-electron chi connectivity index (χ0n) is 10.00. The minimum atomic E-state index is -3.21. The van der Waals surface area contributed by atoms with Gasteiger partial charge in [0.1, 0.15) is 0 Å². The summed E-state index contributed by atoms with van der Waals surface area (Å²) >= 11 is 0. The van der Waals surface area contributed by atoms with E-state index in [2.05, 4.69) is 20.1 Å². The molecule has 0 aliphatic heterocycles. The van der Waals surface area contributed by atoms with Crippen LogP contribution in [0.3, 0.4) is 0 Å². The molecule has 2 rings (SSSR count). The lowest BCUT2D eigenvalue weighted by atomic mass is 10.5.